The Kier molecular flexibility index (Phi) is 11.1. The first-order chi connectivity index (χ1) is 14.5. The molecule has 0 spiro atoms. The smallest absolute Gasteiger partial charge is 0.217 e. The first kappa shape index (κ1) is 23.9. The molecule has 1 rings (SSSR count). The van der Waals surface area contributed by atoms with E-state index >= 15 is 0 Å². The molecule has 0 aliphatic carbocycles. The SMILES string of the molecule is CC#CC#CC#CC#CC#CC#CC#COc1c(F)c(F)c(SOO[O-])c(F)c1F. The van der Waals surface area contributed by atoms with E-state index in [4.69, 9.17) is 0 Å². The molecule has 4 nitrogen and oxygen atoms in total. The Labute approximate surface area is 173 Å². The van der Waals surface area contributed by atoms with Crippen LogP contribution in [0.2, 0.25) is 0 Å². The number of rotatable bonds is 4. The highest BCUT2D eigenvalue weighted by Crippen LogP contribution is 2.35. The van der Waals surface area contributed by atoms with Crippen LogP contribution in [0.15, 0.2) is 4.90 Å². The van der Waals surface area contributed by atoms with Gasteiger partial charge >= 0.3 is 0 Å². The molecule has 0 heterocycles. The minimum Gasteiger partial charge on any atom is -0.691 e. The van der Waals surface area contributed by atoms with Crippen LogP contribution in [0.25, 0.3) is 0 Å². The molecule has 0 amide bonds. The van der Waals surface area contributed by atoms with E-state index in [1.54, 1.807) is 13.0 Å². The highest BCUT2D eigenvalue weighted by atomic mass is 32.2. The number of hydrogen-bond acceptors (Lipinski definition) is 5. The van der Waals surface area contributed by atoms with Crippen molar-refractivity contribution in [2.75, 3.05) is 0 Å². The van der Waals surface area contributed by atoms with Crippen molar-refractivity contribution in [1.82, 2.24) is 0 Å². The van der Waals surface area contributed by atoms with Gasteiger partial charge < -0.3 is 9.99 Å². The molecular weight excluding hydrogens is 424 g/mol. The molecule has 1 aromatic carbocycles. The van der Waals surface area contributed by atoms with Crippen LogP contribution in [0.4, 0.5) is 17.6 Å². The third-order valence-corrected chi connectivity index (χ3v) is 2.99. The van der Waals surface area contributed by atoms with E-state index in [1.807, 2.05) is 5.92 Å². The zero-order chi connectivity index (χ0) is 22.2. The van der Waals surface area contributed by atoms with Gasteiger partial charge in [0.25, 0.3) is 0 Å². The van der Waals surface area contributed by atoms with Gasteiger partial charge in [-0.3, -0.25) is 5.04 Å². The number of ether oxygens (including phenoxy) is 1. The second-order valence-electron chi connectivity index (χ2n) is 4.09. The Morgan fingerprint density at radius 1 is 0.667 bits per heavy atom. The standard InChI is InChI=1S/C21H4F4O4S/c1-2-3-4-5-6-7-8-9-10-11-12-13-14-15-27-20-16(22)18(24)21(30-29-28-26)19(25)17(20)23/h26H,1H3/p-1. The zero-order valence-electron chi connectivity index (χ0n) is 14.6. The Morgan fingerprint density at radius 2 is 1.10 bits per heavy atom. The van der Waals surface area contributed by atoms with Crippen molar-refractivity contribution >= 4 is 12.0 Å². The van der Waals surface area contributed by atoms with Gasteiger partial charge in [0.2, 0.25) is 17.4 Å². The fourth-order valence-electron chi connectivity index (χ4n) is 1.28. The van der Waals surface area contributed by atoms with Gasteiger partial charge in [-0.2, -0.15) is 13.1 Å². The molecule has 0 bridgehead atoms. The molecule has 0 saturated heterocycles. The number of benzene rings is 1. The molecule has 1 aromatic rings. The molecule has 30 heavy (non-hydrogen) atoms. The van der Waals surface area contributed by atoms with E-state index in [9.17, 15) is 22.8 Å². The average Bonchev–Trinajstić information content (AvgIpc) is 2.74. The quantitative estimate of drug-likeness (QED) is 0.183. The summed E-state index contributed by atoms with van der Waals surface area (Å²) in [6.45, 7) is 1.63. The maximum atomic E-state index is 13.7. The summed E-state index contributed by atoms with van der Waals surface area (Å²) in [5.74, 6) is 21.4. The zero-order valence-corrected chi connectivity index (χ0v) is 15.4. The van der Waals surface area contributed by atoms with Crippen LogP contribution in [0.1, 0.15) is 6.92 Å². The topological polar surface area (TPSA) is 50.8 Å². The summed E-state index contributed by atoms with van der Waals surface area (Å²) in [6, 6.07) is 0. The Balaban J connectivity index is 2.80. The van der Waals surface area contributed by atoms with Crippen LogP contribution in [0.3, 0.4) is 0 Å². The maximum Gasteiger partial charge on any atom is 0.217 e. The van der Waals surface area contributed by atoms with Crippen LogP contribution < -0.4 is 9.99 Å². The fraction of sp³-hybridized carbons (Fsp3) is 0.0476. The average molecular weight is 427 g/mol. The predicted molar refractivity (Wildman–Crippen MR) is 95.0 cm³/mol. The molecule has 9 heteroatoms. The second kappa shape index (κ2) is 14.0. The summed E-state index contributed by atoms with van der Waals surface area (Å²) in [5, 5.41) is 12.5. The van der Waals surface area contributed by atoms with Crippen molar-refractivity contribution < 1.29 is 36.9 Å². The lowest BCUT2D eigenvalue weighted by Crippen LogP contribution is -2.05. The van der Waals surface area contributed by atoms with Crippen LogP contribution in [0.5, 0.6) is 5.75 Å². The first-order valence-corrected chi connectivity index (χ1v) is 7.86. The molecule has 0 saturated carbocycles. The Hall–Kier alpha value is -4.11. The molecule has 0 aromatic heterocycles. The van der Waals surface area contributed by atoms with Crippen molar-refractivity contribution in [3.63, 3.8) is 0 Å². The molecular formula is C21H3F4O4S-. The molecule has 0 fully saturated rings. The molecule has 0 N–H and O–H groups in total. The summed E-state index contributed by atoms with van der Waals surface area (Å²) in [5.41, 5.74) is 0. The Bertz CT molecular complexity index is 1230. The predicted octanol–water partition coefficient (Wildman–Crippen LogP) is 1.85. The summed E-state index contributed by atoms with van der Waals surface area (Å²) in [7, 11) is 0. The normalized spacial score (nSPS) is 7.53. The van der Waals surface area contributed by atoms with E-state index in [0.29, 0.717) is 0 Å². The van der Waals surface area contributed by atoms with E-state index in [1.165, 1.54) is 0 Å². The molecule has 0 aliphatic rings. The minimum atomic E-state index is -1.91. The van der Waals surface area contributed by atoms with Crippen molar-refractivity contribution in [1.29, 1.82) is 0 Å². The van der Waals surface area contributed by atoms with E-state index in [2.05, 4.69) is 85.2 Å². The third kappa shape index (κ3) is 7.87. The lowest BCUT2D eigenvalue weighted by Gasteiger charge is -2.09. The van der Waals surface area contributed by atoms with Crippen molar-refractivity contribution in [3.05, 3.63) is 23.3 Å². The summed E-state index contributed by atoms with van der Waals surface area (Å²) >= 11 is -0.366. The number of hydrogen-bond donors (Lipinski definition) is 0. The highest BCUT2D eigenvalue weighted by molar-refractivity contribution is 7.94. The van der Waals surface area contributed by atoms with Gasteiger partial charge in [-0.1, -0.05) is 5.92 Å². The van der Waals surface area contributed by atoms with Crippen LogP contribution in [-0.2, 0) is 9.37 Å². The molecule has 0 unspecified atom stereocenters. The highest BCUT2D eigenvalue weighted by Gasteiger charge is 2.27. The van der Waals surface area contributed by atoms with Crippen LogP contribution in [-0.4, -0.2) is 0 Å². The summed E-state index contributed by atoms with van der Waals surface area (Å²) in [4.78, 5) is -1.29. The third-order valence-electron chi connectivity index (χ3n) is 2.34. The van der Waals surface area contributed by atoms with Crippen molar-refractivity contribution in [2.45, 2.75) is 11.8 Å². The fourth-order valence-corrected chi connectivity index (χ4v) is 1.70. The second-order valence-corrected chi connectivity index (χ2v) is 4.80. The lowest BCUT2D eigenvalue weighted by atomic mass is 10.3. The van der Waals surface area contributed by atoms with Gasteiger partial charge in [0.1, 0.15) is 11.0 Å². The maximum absolute atomic E-state index is 13.7. The summed E-state index contributed by atoms with van der Waals surface area (Å²) in [6.07, 6.45) is 1.73. The largest absolute Gasteiger partial charge is 0.691 e. The van der Waals surface area contributed by atoms with E-state index in [-0.39, 0.29) is 12.0 Å². The van der Waals surface area contributed by atoms with Crippen LogP contribution in [0, 0.1) is 106 Å². The minimum absolute atomic E-state index is 0.366. The number of halogens is 4. The molecule has 146 valence electrons. The molecule has 0 radical (unpaired) electrons. The lowest BCUT2D eigenvalue weighted by molar-refractivity contribution is -0.777. The monoisotopic (exact) mass is 427 g/mol. The summed E-state index contributed by atoms with van der Waals surface area (Å²) < 4.78 is 62.8. The van der Waals surface area contributed by atoms with Gasteiger partial charge in [-0.15, -0.1) is 0 Å². The van der Waals surface area contributed by atoms with Gasteiger partial charge in [0, 0.05) is 35.5 Å². The van der Waals surface area contributed by atoms with Crippen LogP contribution >= 0.6 is 12.0 Å². The van der Waals surface area contributed by atoms with Crippen molar-refractivity contribution in [2.24, 2.45) is 0 Å². The Morgan fingerprint density at radius 3 is 1.53 bits per heavy atom. The first-order valence-electron chi connectivity index (χ1n) is 7.12. The van der Waals surface area contributed by atoms with Gasteiger partial charge in [0.15, 0.2) is 11.6 Å². The van der Waals surface area contributed by atoms with Crippen molar-refractivity contribution in [3.8, 4) is 88.8 Å². The van der Waals surface area contributed by atoms with Gasteiger partial charge in [-0.25, -0.2) is 8.78 Å². The van der Waals surface area contributed by atoms with Gasteiger partial charge in [-0.05, 0) is 42.4 Å². The van der Waals surface area contributed by atoms with Gasteiger partial charge in [0.05, 0.1) is 12.0 Å². The van der Waals surface area contributed by atoms with E-state index < -0.39 is 33.9 Å². The van der Waals surface area contributed by atoms with E-state index in [0.717, 1.165) is 0 Å². The molecule has 0 atom stereocenters. The molecule has 0 aliphatic heterocycles.